The van der Waals surface area contributed by atoms with E-state index in [4.69, 9.17) is 5.11 Å². The van der Waals surface area contributed by atoms with Crippen LogP contribution in [0.3, 0.4) is 0 Å². The average Bonchev–Trinajstić information content (AvgIpc) is 2.75. The lowest BCUT2D eigenvalue weighted by atomic mass is 10.1. The van der Waals surface area contributed by atoms with Crippen molar-refractivity contribution < 1.29 is 9.90 Å². The lowest BCUT2D eigenvalue weighted by Crippen LogP contribution is -2.06. The largest absolute Gasteiger partial charge is 0.476 e. The van der Waals surface area contributed by atoms with Crippen molar-refractivity contribution in [1.82, 2.24) is 9.97 Å². The molecule has 5 heteroatoms. The van der Waals surface area contributed by atoms with Gasteiger partial charge in [-0.3, -0.25) is 0 Å². The molecule has 1 fully saturated rings. The Labute approximate surface area is 95.9 Å². The minimum atomic E-state index is -1.02. The maximum Gasteiger partial charge on any atom is 0.355 e. The number of hydrogen-bond donors (Lipinski definition) is 1. The van der Waals surface area contributed by atoms with Gasteiger partial charge in [-0.15, -0.1) is 0 Å². The van der Waals surface area contributed by atoms with Gasteiger partial charge in [0.15, 0.2) is 5.69 Å². The zero-order valence-electron chi connectivity index (χ0n) is 8.49. The highest BCUT2D eigenvalue weighted by Crippen LogP contribution is 2.57. The van der Waals surface area contributed by atoms with Crippen LogP contribution in [0.5, 0.6) is 0 Å². The van der Waals surface area contributed by atoms with Gasteiger partial charge in [-0.25, -0.2) is 14.8 Å². The molecule has 0 bridgehead atoms. The molecule has 1 saturated carbocycles. The Morgan fingerprint density at radius 1 is 1.67 bits per heavy atom. The van der Waals surface area contributed by atoms with Gasteiger partial charge in [-0.2, -0.15) is 0 Å². The van der Waals surface area contributed by atoms with Crippen molar-refractivity contribution in [3.63, 3.8) is 0 Å². The molecule has 1 atom stereocenters. The summed E-state index contributed by atoms with van der Waals surface area (Å²) in [7, 11) is 0. The van der Waals surface area contributed by atoms with Crippen molar-refractivity contribution in [2.24, 2.45) is 5.41 Å². The van der Waals surface area contributed by atoms with E-state index in [1.807, 2.05) is 0 Å². The Morgan fingerprint density at radius 3 is 2.73 bits per heavy atom. The van der Waals surface area contributed by atoms with Gasteiger partial charge in [0.25, 0.3) is 0 Å². The molecule has 0 aliphatic heterocycles. The lowest BCUT2D eigenvalue weighted by Gasteiger charge is -2.04. The normalized spacial score (nSPS) is 22.5. The minimum Gasteiger partial charge on any atom is -0.476 e. The molecule has 0 aromatic carbocycles. The molecule has 0 amide bonds. The van der Waals surface area contributed by atoms with Crippen molar-refractivity contribution in [3.05, 3.63) is 22.2 Å². The summed E-state index contributed by atoms with van der Waals surface area (Å²) in [5, 5.41) is 8.90. The summed E-state index contributed by atoms with van der Waals surface area (Å²) in [5.74, 6) is -0.0896. The van der Waals surface area contributed by atoms with E-state index >= 15 is 0 Å². The zero-order valence-corrected chi connectivity index (χ0v) is 10.1. The van der Waals surface area contributed by atoms with Crippen LogP contribution in [0.2, 0.25) is 0 Å². The second-order valence-electron chi connectivity index (χ2n) is 4.48. The first kappa shape index (κ1) is 10.5. The molecular weight excluding hydrogens is 260 g/mol. The topological polar surface area (TPSA) is 63.1 Å². The van der Waals surface area contributed by atoms with Gasteiger partial charge in [-0.1, -0.05) is 13.8 Å². The van der Waals surface area contributed by atoms with Crippen LogP contribution in [0.25, 0.3) is 0 Å². The first-order valence-corrected chi connectivity index (χ1v) is 5.47. The fraction of sp³-hybridized carbons (Fsp3) is 0.500. The molecule has 0 spiro atoms. The molecule has 1 heterocycles. The van der Waals surface area contributed by atoms with Crippen LogP contribution in [0.1, 0.15) is 42.5 Å². The molecule has 15 heavy (non-hydrogen) atoms. The summed E-state index contributed by atoms with van der Waals surface area (Å²) in [6.45, 7) is 4.26. The quantitative estimate of drug-likeness (QED) is 0.897. The highest BCUT2D eigenvalue weighted by Gasteiger charge is 2.48. The number of nitrogens with zero attached hydrogens (tertiary/aromatic N) is 2. The molecular formula is C10H11BrN2O2. The summed E-state index contributed by atoms with van der Waals surface area (Å²) >= 11 is 3.12. The number of hydrogen-bond acceptors (Lipinski definition) is 3. The van der Waals surface area contributed by atoms with Crippen LogP contribution in [-0.2, 0) is 0 Å². The molecule has 2 rings (SSSR count). The van der Waals surface area contributed by atoms with E-state index in [1.165, 1.54) is 6.20 Å². The molecule has 0 saturated heterocycles. The highest BCUT2D eigenvalue weighted by molar-refractivity contribution is 9.10. The van der Waals surface area contributed by atoms with Gasteiger partial charge in [0, 0.05) is 12.1 Å². The van der Waals surface area contributed by atoms with Crippen molar-refractivity contribution in [1.29, 1.82) is 0 Å². The minimum absolute atomic E-state index is 0.0442. The van der Waals surface area contributed by atoms with Crippen LogP contribution >= 0.6 is 15.9 Å². The fourth-order valence-corrected chi connectivity index (χ4v) is 1.97. The average molecular weight is 271 g/mol. The second kappa shape index (κ2) is 3.27. The Balaban J connectivity index is 2.36. The van der Waals surface area contributed by atoms with Gasteiger partial charge in [0.05, 0.1) is 4.47 Å². The van der Waals surface area contributed by atoms with Gasteiger partial charge >= 0.3 is 5.97 Å². The third-order valence-electron chi connectivity index (χ3n) is 2.79. The smallest absolute Gasteiger partial charge is 0.355 e. The number of aromatic nitrogens is 2. The SMILES string of the molecule is CC1(C)CC1c1ncc(Br)c(C(=O)O)n1. The number of carboxylic acid groups (broad SMARTS) is 1. The number of carbonyl (C=O) groups is 1. The number of halogens is 1. The first-order valence-electron chi connectivity index (χ1n) is 4.67. The van der Waals surface area contributed by atoms with E-state index in [1.54, 1.807) is 0 Å². The lowest BCUT2D eigenvalue weighted by molar-refractivity contribution is 0.0688. The van der Waals surface area contributed by atoms with E-state index in [2.05, 4.69) is 39.7 Å². The Hall–Kier alpha value is -0.970. The van der Waals surface area contributed by atoms with E-state index < -0.39 is 5.97 Å². The van der Waals surface area contributed by atoms with Crippen molar-refractivity contribution in [2.45, 2.75) is 26.2 Å². The highest BCUT2D eigenvalue weighted by atomic mass is 79.9. The van der Waals surface area contributed by atoms with E-state index in [9.17, 15) is 4.79 Å². The molecule has 1 aliphatic rings. The van der Waals surface area contributed by atoms with Crippen LogP contribution in [0.15, 0.2) is 10.7 Å². The standard InChI is InChI=1S/C10H11BrN2O2/c1-10(2)3-5(10)8-12-4-6(11)7(13-8)9(14)15/h4-5H,3H2,1-2H3,(H,14,15). The molecule has 80 valence electrons. The van der Waals surface area contributed by atoms with Gasteiger partial charge in [-0.05, 0) is 27.8 Å². The molecule has 1 aromatic rings. The molecule has 1 aromatic heterocycles. The fourth-order valence-electron chi connectivity index (χ4n) is 1.61. The number of rotatable bonds is 2. The Morgan fingerprint density at radius 2 is 2.27 bits per heavy atom. The maximum absolute atomic E-state index is 10.9. The van der Waals surface area contributed by atoms with E-state index in [-0.39, 0.29) is 11.1 Å². The first-order chi connectivity index (χ1) is 6.92. The number of aromatic carboxylic acids is 1. The second-order valence-corrected chi connectivity index (χ2v) is 5.33. The van der Waals surface area contributed by atoms with Crippen LogP contribution in [0, 0.1) is 5.41 Å². The monoisotopic (exact) mass is 270 g/mol. The van der Waals surface area contributed by atoms with E-state index in [0.717, 1.165) is 6.42 Å². The summed E-state index contributed by atoms with van der Waals surface area (Å²) in [4.78, 5) is 19.1. The predicted molar refractivity (Wildman–Crippen MR) is 57.8 cm³/mol. The third-order valence-corrected chi connectivity index (χ3v) is 3.37. The zero-order chi connectivity index (χ0) is 11.2. The summed E-state index contributed by atoms with van der Waals surface area (Å²) in [5.41, 5.74) is 0.256. The van der Waals surface area contributed by atoms with Crippen molar-refractivity contribution in [2.75, 3.05) is 0 Å². The molecule has 1 N–H and O–H groups in total. The molecule has 1 aliphatic carbocycles. The van der Waals surface area contributed by atoms with Crippen molar-refractivity contribution >= 4 is 21.9 Å². The Kier molecular flexibility index (Phi) is 2.30. The van der Waals surface area contributed by atoms with Crippen LogP contribution in [-0.4, -0.2) is 21.0 Å². The summed E-state index contributed by atoms with van der Waals surface area (Å²) < 4.78 is 0.428. The molecule has 0 radical (unpaired) electrons. The molecule has 1 unspecified atom stereocenters. The van der Waals surface area contributed by atoms with Gasteiger partial charge in [0.2, 0.25) is 0 Å². The number of carboxylic acids is 1. The Bertz CT molecular complexity index is 431. The van der Waals surface area contributed by atoms with Gasteiger partial charge in [0.1, 0.15) is 5.82 Å². The summed E-state index contributed by atoms with van der Waals surface area (Å²) in [6.07, 6.45) is 2.54. The molecule has 4 nitrogen and oxygen atoms in total. The third kappa shape index (κ3) is 1.88. The summed E-state index contributed by atoms with van der Waals surface area (Å²) in [6, 6.07) is 0. The van der Waals surface area contributed by atoms with Crippen molar-refractivity contribution in [3.8, 4) is 0 Å². The predicted octanol–water partition coefficient (Wildman–Crippen LogP) is 2.45. The van der Waals surface area contributed by atoms with E-state index in [0.29, 0.717) is 16.2 Å². The van der Waals surface area contributed by atoms with Gasteiger partial charge < -0.3 is 5.11 Å². The maximum atomic E-state index is 10.9. The van der Waals surface area contributed by atoms with Crippen LogP contribution in [0.4, 0.5) is 0 Å². The van der Waals surface area contributed by atoms with Crippen LogP contribution < -0.4 is 0 Å².